The van der Waals surface area contributed by atoms with Crippen molar-refractivity contribution in [2.75, 3.05) is 0 Å². The summed E-state index contributed by atoms with van der Waals surface area (Å²) in [5.74, 6) is 0. The molecule has 2 bridgehead atoms. The van der Waals surface area contributed by atoms with Crippen molar-refractivity contribution < 1.29 is 0 Å². The lowest BCUT2D eigenvalue weighted by molar-refractivity contribution is 0.779. The van der Waals surface area contributed by atoms with Gasteiger partial charge in [0.05, 0.1) is 5.41 Å². The summed E-state index contributed by atoms with van der Waals surface area (Å²) in [5.41, 5.74) is 13.7. The third-order valence-electron chi connectivity index (χ3n) is 7.63. The molecule has 0 fully saturated rings. The van der Waals surface area contributed by atoms with Gasteiger partial charge in [0, 0.05) is 15.5 Å². The second-order valence-corrected chi connectivity index (χ2v) is 10.6. The Bertz CT molecular complexity index is 1450. The van der Waals surface area contributed by atoms with Crippen molar-refractivity contribution in [3.8, 4) is 22.3 Å². The van der Waals surface area contributed by atoms with Gasteiger partial charge in [0.25, 0.3) is 0 Å². The SMILES string of the molecule is Clc1ccc2c(c1)C1(c3ccccc3-c3ccccc31)c1c-2ccc2c1C1C=CC2S1. The van der Waals surface area contributed by atoms with Crippen LogP contribution in [-0.2, 0) is 5.41 Å². The van der Waals surface area contributed by atoms with E-state index in [4.69, 9.17) is 11.6 Å². The molecule has 4 aromatic rings. The monoisotopic (exact) mass is 432 g/mol. The summed E-state index contributed by atoms with van der Waals surface area (Å²) in [6.07, 6.45) is 4.79. The van der Waals surface area contributed by atoms with E-state index in [2.05, 4.69) is 96.7 Å². The first-order chi connectivity index (χ1) is 15.3. The highest BCUT2D eigenvalue weighted by molar-refractivity contribution is 8.00. The fourth-order valence-electron chi connectivity index (χ4n) is 6.60. The molecule has 2 aliphatic carbocycles. The molecule has 2 atom stereocenters. The first kappa shape index (κ1) is 16.9. The van der Waals surface area contributed by atoms with Gasteiger partial charge in [-0.05, 0) is 67.8 Å². The van der Waals surface area contributed by atoms with E-state index < -0.39 is 0 Å². The van der Waals surface area contributed by atoms with E-state index >= 15 is 0 Å². The van der Waals surface area contributed by atoms with Gasteiger partial charge in [-0.15, -0.1) is 11.8 Å². The predicted octanol–water partition coefficient (Wildman–Crippen LogP) is 8.08. The minimum Gasteiger partial charge on any atom is -0.137 e. The number of thioether (sulfide) groups is 1. The Morgan fingerprint density at radius 3 is 2.06 bits per heavy atom. The van der Waals surface area contributed by atoms with Crippen LogP contribution in [0.5, 0.6) is 0 Å². The summed E-state index contributed by atoms with van der Waals surface area (Å²) in [6, 6.07) is 29.2. The Kier molecular flexibility index (Phi) is 3.02. The van der Waals surface area contributed by atoms with Crippen LogP contribution in [0.1, 0.15) is 43.9 Å². The van der Waals surface area contributed by atoms with Crippen molar-refractivity contribution in [1.82, 2.24) is 0 Å². The molecule has 4 aliphatic rings. The molecule has 2 heteroatoms. The van der Waals surface area contributed by atoms with E-state index in [0.717, 1.165) is 5.02 Å². The summed E-state index contributed by atoms with van der Waals surface area (Å²) in [5, 5.41) is 1.73. The van der Waals surface area contributed by atoms with Gasteiger partial charge in [0.2, 0.25) is 0 Å². The van der Waals surface area contributed by atoms with E-state index in [9.17, 15) is 0 Å². The van der Waals surface area contributed by atoms with Crippen LogP contribution in [0.3, 0.4) is 0 Å². The van der Waals surface area contributed by atoms with Crippen LogP contribution in [-0.4, -0.2) is 0 Å². The van der Waals surface area contributed by atoms with Crippen molar-refractivity contribution in [2.45, 2.75) is 15.9 Å². The smallest absolute Gasteiger partial charge is 0.0729 e. The second kappa shape index (κ2) is 5.54. The Morgan fingerprint density at radius 1 is 0.645 bits per heavy atom. The van der Waals surface area contributed by atoms with E-state index in [0.29, 0.717) is 10.5 Å². The lowest BCUT2D eigenvalue weighted by Crippen LogP contribution is -2.27. The van der Waals surface area contributed by atoms with Crippen LogP contribution in [0.4, 0.5) is 0 Å². The highest BCUT2D eigenvalue weighted by atomic mass is 35.5. The quantitative estimate of drug-likeness (QED) is 0.218. The fraction of sp³-hybridized carbons (Fsp3) is 0.103. The first-order valence-electron chi connectivity index (χ1n) is 10.8. The van der Waals surface area contributed by atoms with Crippen LogP contribution in [0.25, 0.3) is 22.3 Å². The predicted molar refractivity (Wildman–Crippen MR) is 130 cm³/mol. The van der Waals surface area contributed by atoms with Crippen molar-refractivity contribution in [1.29, 1.82) is 0 Å². The van der Waals surface area contributed by atoms with E-state index in [-0.39, 0.29) is 5.41 Å². The lowest BCUT2D eigenvalue weighted by atomic mass is 9.68. The van der Waals surface area contributed by atoms with Crippen LogP contribution in [0, 0.1) is 0 Å². The number of hydrogen-bond acceptors (Lipinski definition) is 1. The van der Waals surface area contributed by atoms with Crippen molar-refractivity contribution in [3.63, 3.8) is 0 Å². The second-order valence-electron chi connectivity index (χ2n) is 8.88. The minimum atomic E-state index is -0.299. The molecule has 0 saturated carbocycles. The third kappa shape index (κ3) is 1.80. The fourth-order valence-corrected chi connectivity index (χ4v) is 8.19. The van der Waals surface area contributed by atoms with E-state index in [1.807, 2.05) is 6.07 Å². The molecule has 8 rings (SSSR count). The van der Waals surface area contributed by atoms with Gasteiger partial charge in [-0.3, -0.25) is 0 Å². The standard InChI is InChI=1S/C29H17ClS/c30-16-9-10-19-20-11-12-21-25-13-14-26(31-25)27(21)28(20)29(24(19)15-16)22-7-3-1-5-17(22)18-6-2-4-8-23(18)29/h1-15,25-26H. The molecule has 1 spiro atoms. The van der Waals surface area contributed by atoms with Gasteiger partial charge >= 0.3 is 0 Å². The molecular weight excluding hydrogens is 416 g/mol. The molecule has 4 aromatic carbocycles. The van der Waals surface area contributed by atoms with Crippen LogP contribution >= 0.6 is 23.4 Å². The number of rotatable bonds is 0. The summed E-state index contributed by atoms with van der Waals surface area (Å²) >= 11 is 8.72. The minimum absolute atomic E-state index is 0.299. The summed E-state index contributed by atoms with van der Waals surface area (Å²) in [7, 11) is 0. The topological polar surface area (TPSA) is 0 Å². The van der Waals surface area contributed by atoms with Gasteiger partial charge in [-0.2, -0.15) is 0 Å². The van der Waals surface area contributed by atoms with Gasteiger partial charge in [-0.25, -0.2) is 0 Å². The Labute approximate surface area is 190 Å². The molecule has 0 N–H and O–H groups in total. The van der Waals surface area contributed by atoms with Gasteiger partial charge in [0.1, 0.15) is 0 Å². The van der Waals surface area contributed by atoms with Crippen molar-refractivity contribution in [3.05, 3.63) is 129 Å². The molecule has 0 radical (unpaired) electrons. The average molecular weight is 433 g/mol. The number of fused-ring (bicyclic) bond motifs is 16. The molecule has 0 nitrogen and oxygen atoms in total. The highest BCUT2D eigenvalue weighted by Gasteiger charge is 2.54. The largest absolute Gasteiger partial charge is 0.137 e. The van der Waals surface area contributed by atoms with Gasteiger partial charge in [-0.1, -0.05) is 90.5 Å². The van der Waals surface area contributed by atoms with Crippen LogP contribution in [0.15, 0.2) is 91.0 Å². The van der Waals surface area contributed by atoms with E-state index in [1.165, 1.54) is 55.6 Å². The number of hydrogen-bond donors (Lipinski definition) is 0. The van der Waals surface area contributed by atoms with Crippen LogP contribution < -0.4 is 0 Å². The summed E-state index contributed by atoms with van der Waals surface area (Å²) < 4.78 is 0. The lowest BCUT2D eigenvalue weighted by Gasteiger charge is -2.33. The normalized spacial score (nSPS) is 21.7. The number of benzene rings is 4. The molecule has 0 aromatic heterocycles. The Morgan fingerprint density at radius 2 is 1.29 bits per heavy atom. The zero-order chi connectivity index (χ0) is 20.3. The number of halogens is 1. The molecule has 146 valence electrons. The molecule has 0 amide bonds. The molecule has 2 unspecified atom stereocenters. The molecule has 0 saturated heterocycles. The average Bonchev–Trinajstić information content (AvgIpc) is 3.55. The van der Waals surface area contributed by atoms with Crippen LogP contribution in [0.2, 0.25) is 5.02 Å². The molecule has 2 aliphatic heterocycles. The Hall–Kier alpha value is -2.74. The zero-order valence-corrected chi connectivity index (χ0v) is 18.2. The molecule has 31 heavy (non-hydrogen) atoms. The van der Waals surface area contributed by atoms with Crippen molar-refractivity contribution >= 4 is 23.4 Å². The molecular formula is C29H17ClS. The van der Waals surface area contributed by atoms with Crippen molar-refractivity contribution in [2.24, 2.45) is 0 Å². The zero-order valence-electron chi connectivity index (χ0n) is 16.6. The first-order valence-corrected chi connectivity index (χ1v) is 12.1. The summed E-state index contributed by atoms with van der Waals surface area (Å²) in [6.45, 7) is 0. The Balaban J connectivity index is 1.63. The van der Waals surface area contributed by atoms with Gasteiger partial charge in [0.15, 0.2) is 0 Å². The maximum Gasteiger partial charge on any atom is 0.0729 e. The third-order valence-corrected chi connectivity index (χ3v) is 9.25. The summed E-state index contributed by atoms with van der Waals surface area (Å²) in [4.78, 5) is 0. The van der Waals surface area contributed by atoms with E-state index in [1.54, 1.807) is 0 Å². The molecule has 2 heterocycles. The maximum atomic E-state index is 6.65. The van der Waals surface area contributed by atoms with Gasteiger partial charge < -0.3 is 0 Å². The highest BCUT2D eigenvalue weighted by Crippen LogP contribution is 2.68. The maximum absolute atomic E-state index is 6.65.